The van der Waals surface area contributed by atoms with E-state index in [0.29, 0.717) is 0 Å². The minimum absolute atomic E-state index is 0.00199. The molecule has 1 atom stereocenters. The Morgan fingerprint density at radius 1 is 1.50 bits per heavy atom. The average Bonchev–Trinajstić information content (AvgIpc) is 3.06. The number of methoxy groups -OCH3 is 1. The predicted octanol–water partition coefficient (Wildman–Crippen LogP) is 1.34. The maximum absolute atomic E-state index is 12.4. The van der Waals surface area contributed by atoms with E-state index in [-0.39, 0.29) is 11.9 Å². The molecule has 4 nitrogen and oxygen atoms in total. The van der Waals surface area contributed by atoms with E-state index in [2.05, 4.69) is 11.4 Å². The summed E-state index contributed by atoms with van der Waals surface area (Å²) < 4.78 is 5.24. The molecule has 1 saturated heterocycles. The first-order chi connectivity index (χ1) is 8.79. The highest BCUT2D eigenvalue weighted by atomic mass is 16.5. The lowest BCUT2D eigenvalue weighted by atomic mass is 10.1. The van der Waals surface area contributed by atoms with Crippen molar-refractivity contribution in [2.24, 2.45) is 0 Å². The van der Waals surface area contributed by atoms with Crippen LogP contribution >= 0.6 is 0 Å². The van der Waals surface area contributed by atoms with E-state index in [9.17, 15) is 4.79 Å². The van der Waals surface area contributed by atoms with Crippen LogP contribution in [0.1, 0.15) is 18.4 Å². The SMILES string of the molecule is COc1ccc2c(c1)N(C(=O)[C@@H]1CCCN1)CC2. The number of carbonyl (C=O) groups is 1. The van der Waals surface area contributed by atoms with Gasteiger partial charge in [-0.1, -0.05) is 6.07 Å². The van der Waals surface area contributed by atoms with Gasteiger partial charge in [0.1, 0.15) is 5.75 Å². The molecule has 0 spiro atoms. The lowest BCUT2D eigenvalue weighted by molar-refractivity contribution is -0.120. The van der Waals surface area contributed by atoms with Crippen LogP contribution in [0.3, 0.4) is 0 Å². The summed E-state index contributed by atoms with van der Waals surface area (Å²) in [5.74, 6) is 1.02. The topological polar surface area (TPSA) is 41.6 Å². The minimum Gasteiger partial charge on any atom is -0.497 e. The van der Waals surface area contributed by atoms with E-state index in [4.69, 9.17) is 4.74 Å². The largest absolute Gasteiger partial charge is 0.497 e. The van der Waals surface area contributed by atoms with Gasteiger partial charge < -0.3 is 15.0 Å². The Balaban J connectivity index is 1.86. The molecule has 1 aromatic rings. The summed E-state index contributed by atoms with van der Waals surface area (Å²) in [6.07, 6.45) is 2.99. The number of anilines is 1. The van der Waals surface area contributed by atoms with Gasteiger partial charge in [0.25, 0.3) is 0 Å². The molecule has 0 bridgehead atoms. The van der Waals surface area contributed by atoms with Crippen molar-refractivity contribution < 1.29 is 9.53 Å². The molecular formula is C14H18N2O2. The zero-order valence-corrected chi connectivity index (χ0v) is 10.6. The van der Waals surface area contributed by atoms with Crippen LogP contribution in [0.4, 0.5) is 5.69 Å². The standard InChI is InChI=1S/C14H18N2O2/c1-18-11-5-4-10-6-8-16(13(10)9-11)14(17)12-3-2-7-15-12/h4-5,9,12,15H,2-3,6-8H2,1H3/t12-/m0/s1. The van der Waals surface area contributed by atoms with Crippen LogP contribution in [0.2, 0.25) is 0 Å². The quantitative estimate of drug-likeness (QED) is 0.856. The molecule has 0 radical (unpaired) electrons. The van der Waals surface area contributed by atoms with Gasteiger partial charge in [0, 0.05) is 12.6 Å². The van der Waals surface area contributed by atoms with Gasteiger partial charge in [-0.15, -0.1) is 0 Å². The van der Waals surface area contributed by atoms with Crippen molar-refractivity contribution in [3.63, 3.8) is 0 Å². The highest BCUT2D eigenvalue weighted by molar-refractivity contribution is 5.99. The number of amides is 1. The summed E-state index contributed by atoms with van der Waals surface area (Å²) in [5.41, 5.74) is 2.26. The molecule has 1 aromatic carbocycles. The van der Waals surface area contributed by atoms with Crippen LogP contribution in [0.15, 0.2) is 18.2 Å². The zero-order chi connectivity index (χ0) is 12.5. The van der Waals surface area contributed by atoms with Crippen LogP contribution in [0, 0.1) is 0 Å². The Morgan fingerprint density at radius 2 is 2.39 bits per heavy atom. The zero-order valence-electron chi connectivity index (χ0n) is 10.6. The van der Waals surface area contributed by atoms with E-state index in [1.54, 1.807) is 7.11 Å². The third-order valence-electron chi connectivity index (χ3n) is 3.81. The Labute approximate surface area is 107 Å². The van der Waals surface area contributed by atoms with Crippen LogP contribution in [0.5, 0.6) is 5.75 Å². The van der Waals surface area contributed by atoms with Gasteiger partial charge in [-0.05, 0) is 37.4 Å². The van der Waals surface area contributed by atoms with Gasteiger partial charge >= 0.3 is 0 Å². The molecule has 3 rings (SSSR count). The summed E-state index contributed by atoms with van der Waals surface area (Å²) in [5, 5.41) is 3.27. The molecule has 18 heavy (non-hydrogen) atoms. The van der Waals surface area contributed by atoms with Crippen molar-refractivity contribution in [3.8, 4) is 5.75 Å². The van der Waals surface area contributed by atoms with Crippen molar-refractivity contribution in [3.05, 3.63) is 23.8 Å². The van der Waals surface area contributed by atoms with Crippen molar-refractivity contribution in [1.29, 1.82) is 0 Å². The molecule has 1 amide bonds. The number of ether oxygens (including phenoxy) is 1. The summed E-state index contributed by atoms with van der Waals surface area (Å²) in [4.78, 5) is 14.3. The molecule has 4 heteroatoms. The maximum atomic E-state index is 12.4. The number of rotatable bonds is 2. The fourth-order valence-corrected chi connectivity index (χ4v) is 2.80. The smallest absolute Gasteiger partial charge is 0.244 e. The lowest BCUT2D eigenvalue weighted by Gasteiger charge is -2.21. The monoisotopic (exact) mass is 246 g/mol. The number of carbonyl (C=O) groups excluding carboxylic acids is 1. The Morgan fingerprint density at radius 3 is 3.11 bits per heavy atom. The molecule has 1 N–H and O–H groups in total. The van der Waals surface area contributed by atoms with Crippen molar-refractivity contribution in [2.75, 3.05) is 25.1 Å². The van der Waals surface area contributed by atoms with Gasteiger partial charge in [0.15, 0.2) is 0 Å². The van der Waals surface area contributed by atoms with Gasteiger partial charge in [-0.2, -0.15) is 0 Å². The summed E-state index contributed by atoms with van der Waals surface area (Å²) in [6, 6.07) is 5.99. The molecule has 1 fully saturated rings. The first-order valence-electron chi connectivity index (χ1n) is 6.51. The van der Waals surface area contributed by atoms with E-state index < -0.39 is 0 Å². The van der Waals surface area contributed by atoms with Gasteiger partial charge in [-0.25, -0.2) is 0 Å². The first-order valence-corrected chi connectivity index (χ1v) is 6.51. The summed E-state index contributed by atoms with van der Waals surface area (Å²) >= 11 is 0. The number of fused-ring (bicyclic) bond motifs is 1. The van der Waals surface area contributed by atoms with E-state index in [1.165, 1.54) is 5.56 Å². The van der Waals surface area contributed by atoms with Crippen molar-refractivity contribution >= 4 is 11.6 Å². The number of benzene rings is 1. The highest BCUT2D eigenvalue weighted by Crippen LogP contribution is 2.32. The molecule has 0 unspecified atom stereocenters. The van der Waals surface area contributed by atoms with Crippen molar-refractivity contribution in [1.82, 2.24) is 5.32 Å². The Kier molecular flexibility index (Phi) is 2.96. The van der Waals surface area contributed by atoms with Crippen LogP contribution in [-0.4, -0.2) is 32.1 Å². The number of hydrogen-bond donors (Lipinski definition) is 1. The molecule has 0 saturated carbocycles. The number of nitrogens with zero attached hydrogens (tertiary/aromatic N) is 1. The van der Waals surface area contributed by atoms with Crippen molar-refractivity contribution in [2.45, 2.75) is 25.3 Å². The minimum atomic E-state index is 0.00199. The molecule has 2 aliphatic rings. The molecular weight excluding hydrogens is 228 g/mol. The second kappa shape index (κ2) is 4.61. The van der Waals surface area contributed by atoms with Crippen LogP contribution < -0.4 is 15.0 Å². The van der Waals surface area contributed by atoms with Crippen LogP contribution in [0.25, 0.3) is 0 Å². The van der Waals surface area contributed by atoms with Crippen LogP contribution in [-0.2, 0) is 11.2 Å². The molecule has 96 valence electrons. The number of hydrogen-bond acceptors (Lipinski definition) is 3. The van der Waals surface area contributed by atoms with Gasteiger partial charge in [0.05, 0.1) is 18.8 Å². The summed E-state index contributed by atoms with van der Waals surface area (Å²) in [7, 11) is 1.65. The normalized spacial score (nSPS) is 22.1. The average molecular weight is 246 g/mol. The van der Waals surface area contributed by atoms with E-state index in [0.717, 1.165) is 43.8 Å². The fourth-order valence-electron chi connectivity index (χ4n) is 2.80. The second-order valence-corrected chi connectivity index (χ2v) is 4.88. The van der Waals surface area contributed by atoms with Gasteiger partial charge in [0.2, 0.25) is 5.91 Å². The fraction of sp³-hybridized carbons (Fsp3) is 0.500. The van der Waals surface area contributed by atoms with Gasteiger partial charge in [-0.3, -0.25) is 4.79 Å². The Bertz CT molecular complexity index is 467. The third-order valence-corrected chi connectivity index (χ3v) is 3.81. The molecule has 0 aromatic heterocycles. The van der Waals surface area contributed by atoms with E-state index >= 15 is 0 Å². The molecule has 2 aliphatic heterocycles. The predicted molar refractivity (Wildman–Crippen MR) is 70.1 cm³/mol. The third kappa shape index (κ3) is 1.86. The Hall–Kier alpha value is -1.55. The molecule has 2 heterocycles. The number of nitrogens with one attached hydrogen (secondary N) is 1. The summed E-state index contributed by atoms with van der Waals surface area (Å²) in [6.45, 7) is 1.74. The molecule has 0 aliphatic carbocycles. The maximum Gasteiger partial charge on any atom is 0.244 e. The second-order valence-electron chi connectivity index (χ2n) is 4.88. The first kappa shape index (κ1) is 11.5. The highest BCUT2D eigenvalue weighted by Gasteiger charge is 2.31. The van der Waals surface area contributed by atoms with E-state index in [1.807, 2.05) is 17.0 Å². The lowest BCUT2D eigenvalue weighted by Crippen LogP contribution is -2.42.